The van der Waals surface area contributed by atoms with Crippen LogP contribution in [0.5, 0.6) is 0 Å². The van der Waals surface area contributed by atoms with Gasteiger partial charge in [0.2, 0.25) is 0 Å². The number of nitrogens with one attached hydrogen (secondary N) is 1. The van der Waals surface area contributed by atoms with Gasteiger partial charge in [-0.1, -0.05) is 26.3 Å². The third-order valence-corrected chi connectivity index (χ3v) is 5.00. The second kappa shape index (κ2) is 5.11. The molecule has 2 nitrogen and oxygen atoms in total. The molecule has 0 aromatic heterocycles. The number of rotatable bonds is 5. The molecule has 2 aliphatic rings. The lowest BCUT2D eigenvalue weighted by atomic mass is 9.86. The van der Waals surface area contributed by atoms with Crippen molar-refractivity contribution in [2.24, 2.45) is 11.8 Å². The van der Waals surface area contributed by atoms with E-state index in [4.69, 9.17) is 0 Å². The van der Waals surface area contributed by atoms with Gasteiger partial charge in [-0.05, 0) is 31.6 Å². The van der Waals surface area contributed by atoms with Gasteiger partial charge >= 0.3 is 0 Å². The van der Waals surface area contributed by atoms with Gasteiger partial charge in [0.15, 0.2) is 0 Å². The zero-order valence-corrected chi connectivity index (χ0v) is 11.7. The van der Waals surface area contributed by atoms with Gasteiger partial charge < -0.3 is 5.32 Å². The summed E-state index contributed by atoms with van der Waals surface area (Å²) >= 11 is 0. The largest absolute Gasteiger partial charge is 0.311 e. The first-order chi connectivity index (χ1) is 8.11. The van der Waals surface area contributed by atoms with E-state index in [2.05, 4.69) is 43.6 Å². The van der Waals surface area contributed by atoms with E-state index in [1.54, 1.807) is 0 Å². The molecule has 0 bridgehead atoms. The Morgan fingerprint density at radius 2 is 2.24 bits per heavy atom. The van der Waals surface area contributed by atoms with E-state index in [9.17, 15) is 0 Å². The molecule has 1 aliphatic carbocycles. The second-order valence-corrected chi connectivity index (χ2v) is 6.20. The smallest absolute Gasteiger partial charge is 0.0337 e. The van der Waals surface area contributed by atoms with Gasteiger partial charge in [0, 0.05) is 31.2 Å². The zero-order chi connectivity index (χ0) is 12.5. The van der Waals surface area contributed by atoms with Gasteiger partial charge in [0.25, 0.3) is 0 Å². The molecule has 3 unspecified atom stereocenters. The van der Waals surface area contributed by atoms with E-state index in [1.807, 2.05) is 0 Å². The van der Waals surface area contributed by atoms with Crippen LogP contribution in [0, 0.1) is 11.8 Å². The molecule has 1 saturated carbocycles. The summed E-state index contributed by atoms with van der Waals surface area (Å²) in [5.74, 6) is 1.68. The van der Waals surface area contributed by atoms with E-state index in [1.165, 1.54) is 25.8 Å². The highest BCUT2D eigenvalue weighted by Gasteiger charge is 2.48. The average Bonchev–Trinajstić information content (AvgIpc) is 3.15. The van der Waals surface area contributed by atoms with Crippen molar-refractivity contribution in [1.29, 1.82) is 0 Å². The number of hydrogen-bond donors (Lipinski definition) is 1. The molecule has 17 heavy (non-hydrogen) atoms. The predicted molar refractivity (Wildman–Crippen MR) is 74.1 cm³/mol. The lowest BCUT2D eigenvalue weighted by Gasteiger charge is -2.49. The van der Waals surface area contributed by atoms with Crippen molar-refractivity contribution in [3.63, 3.8) is 0 Å². The Balaban J connectivity index is 2.04. The molecular weight excluding hydrogens is 208 g/mol. The van der Waals surface area contributed by atoms with Gasteiger partial charge in [-0.25, -0.2) is 0 Å². The molecule has 98 valence electrons. The summed E-state index contributed by atoms with van der Waals surface area (Å²) in [6.07, 6.45) is 6.17. The summed E-state index contributed by atoms with van der Waals surface area (Å²) in [5, 5.41) is 3.79. The summed E-state index contributed by atoms with van der Waals surface area (Å²) in [7, 11) is 0. The van der Waals surface area contributed by atoms with Gasteiger partial charge in [0.1, 0.15) is 0 Å². The average molecular weight is 236 g/mol. The fourth-order valence-electron chi connectivity index (χ4n) is 3.17. The molecule has 2 fully saturated rings. The third-order valence-electron chi connectivity index (χ3n) is 5.00. The molecule has 3 atom stereocenters. The van der Waals surface area contributed by atoms with Crippen LogP contribution >= 0.6 is 0 Å². The van der Waals surface area contributed by atoms with Crippen LogP contribution in [0.3, 0.4) is 0 Å². The predicted octanol–water partition coefficient (Wildman–Crippen LogP) is 2.66. The first kappa shape index (κ1) is 13.1. The SMILES string of the molecule is C=CCN1CC(C(C)CC)NCC1(C)C1CC1. The minimum atomic E-state index is 0.373. The Morgan fingerprint density at radius 1 is 1.53 bits per heavy atom. The molecule has 1 N–H and O–H groups in total. The first-order valence-electron chi connectivity index (χ1n) is 7.21. The lowest BCUT2D eigenvalue weighted by Crippen LogP contribution is -2.65. The fraction of sp³-hybridized carbons (Fsp3) is 0.867. The summed E-state index contributed by atoms with van der Waals surface area (Å²) in [6, 6.07) is 0.659. The van der Waals surface area contributed by atoms with Crippen molar-refractivity contribution in [2.75, 3.05) is 19.6 Å². The normalized spacial score (nSPS) is 36.8. The molecule has 2 heteroatoms. The van der Waals surface area contributed by atoms with E-state index < -0.39 is 0 Å². The number of piperazine rings is 1. The third kappa shape index (κ3) is 2.58. The van der Waals surface area contributed by atoms with Crippen molar-refractivity contribution >= 4 is 0 Å². The van der Waals surface area contributed by atoms with Gasteiger partial charge in [-0.3, -0.25) is 4.90 Å². The molecule has 1 saturated heterocycles. The monoisotopic (exact) mass is 236 g/mol. The highest BCUT2D eigenvalue weighted by atomic mass is 15.3. The van der Waals surface area contributed by atoms with Gasteiger partial charge in [-0.2, -0.15) is 0 Å². The minimum absolute atomic E-state index is 0.373. The Labute approximate surface area is 106 Å². The molecule has 0 aromatic carbocycles. The van der Waals surface area contributed by atoms with Crippen LogP contribution in [0.25, 0.3) is 0 Å². The van der Waals surface area contributed by atoms with Crippen LogP contribution in [0.15, 0.2) is 12.7 Å². The van der Waals surface area contributed by atoms with Crippen LogP contribution in [-0.2, 0) is 0 Å². The van der Waals surface area contributed by atoms with Crippen LogP contribution in [0.2, 0.25) is 0 Å². The summed E-state index contributed by atoms with van der Waals surface area (Å²) in [5.41, 5.74) is 0.373. The molecule has 0 amide bonds. The zero-order valence-electron chi connectivity index (χ0n) is 11.7. The van der Waals surface area contributed by atoms with Crippen LogP contribution in [0.4, 0.5) is 0 Å². The minimum Gasteiger partial charge on any atom is -0.311 e. The van der Waals surface area contributed by atoms with Crippen LogP contribution in [0.1, 0.15) is 40.0 Å². The molecular formula is C15H28N2. The molecule has 1 heterocycles. The highest BCUT2D eigenvalue weighted by Crippen LogP contribution is 2.44. The maximum atomic E-state index is 3.93. The first-order valence-corrected chi connectivity index (χ1v) is 7.21. The fourth-order valence-corrected chi connectivity index (χ4v) is 3.17. The Hall–Kier alpha value is -0.340. The van der Waals surface area contributed by atoms with Crippen molar-refractivity contribution < 1.29 is 0 Å². The Kier molecular flexibility index (Phi) is 3.94. The topological polar surface area (TPSA) is 15.3 Å². The molecule has 1 aliphatic heterocycles. The summed E-state index contributed by atoms with van der Waals surface area (Å²) < 4.78 is 0. The second-order valence-electron chi connectivity index (χ2n) is 6.20. The quantitative estimate of drug-likeness (QED) is 0.738. The van der Waals surface area contributed by atoms with Crippen LogP contribution < -0.4 is 5.32 Å². The Bertz CT molecular complexity index is 272. The summed E-state index contributed by atoms with van der Waals surface area (Å²) in [4.78, 5) is 2.67. The molecule has 0 spiro atoms. The van der Waals surface area contributed by atoms with Gasteiger partial charge in [-0.15, -0.1) is 6.58 Å². The van der Waals surface area contributed by atoms with E-state index in [0.29, 0.717) is 11.6 Å². The van der Waals surface area contributed by atoms with E-state index in [-0.39, 0.29) is 0 Å². The van der Waals surface area contributed by atoms with Crippen molar-refractivity contribution in [1.82, 2.24) is 10.2 Å². The Morgan fingerprint density at radius 3 is 2.76 bits per heavy atom. The molecule has 2 rings (SSSR count). The highest BCUT2D eigenvalue weighted by molar-refractivity contribution is 5.06. The number of nitrogens with zero attached hydrogens (tertiary/aromatic N) is 1. The van der Waals surface area contributed by atoms with E-state index in [0.717, 1.165) is 24.9 Å². The van der Waals surface area contributed by atoms with Crippen LogP contribution in [-0.4, -0.2) is 36.1 Å². The maximum Gasteiger partial charge on any atom is 0.0337 e. The lowest BCUT2D eigenvalue weighted by molar-refractivity contribution is 0.0335. The van der Waals surface area contributed by atoms with E-state index >= 15 is 0 Å². The molecule has 0 radical (unpaired) electrons. The van der Waals surface area contributed by atoms with Crippen molar-refractivity contribution in [2.45, 2.75) is 51.6 Å². The van der Waals surface area contributed by atoms with Crippen molar-refractivity contribution in [3.8, 4) is 0 Å². The van der Waals surface area contributed by atoms with Gasteiger partial charge in [0.05, 0.1) is 0 Å². The number of hydrogen-bond acceptors (Lipinski definition) is 2. The maximum absolute atomic E-state index is 3.93. The standard InChI is InChI=1S/C15H28N2/c1-5-9-17-10-14(12(3)6-2)16-11-15(17,4)13-7-8-13/h5,12-14,16H,1,6-11H2,2-4H3. The molecule has 0 aromatic rings. The summed E-state index contributed by atoms with van der Waals surface area (Å²) in [6.45, 7) is 14.4. The van der Waals surface area contributed by atoms with Crippen molar-refractivity contribution in [3.05, 3.63) is 12.7 Å².